The Labute approximate surface area is 85.1 Å². The van der Waals surface area contributed by atoms with Crippen LogP contribution in [0.1, 0.15) is 12.5 Å². The van der Waals surface area contributed by atoms with Gasteiger partial charge in [0, 0.05) is 5.02 Å². The van der Waals surface area contributed by atoms with E-state index in [1.807, 2.05) is 31.2 Å². The van der Waals surface area contributed by atoms with Gasteiger partial charge in [-0.15, -0.1) is 0 Å². The topological polar surface area (TPSA) is 21.6 Å². The highest BCUT2D eigenvalue weighted by Gasteiger charge is 1.96. The average molecular weight is 216 g/mol. The van der Waals surface area contributed by atoms with E-state index in [2.05, 4.69) is 14.4 Å². The van der Waals surface area contributed by atoms with Crippen molar-refractivity contribution in [3.8, 4) is 0 Å². The molecule has 4 heteroatoms. The van der Waals surface area contributed by atoms with Gasteiger partial charge in [-0.1, -0.05) is 38.1 Å². The molecule has 2 nitrogen and oxygen atoms in total. The summed E-state index contributed by atoms with van der Waals surface area (Å²) in [4.78, 5) is 4.90. The maximum Gasteiger partial charge on any atom is 0.129 e. The predicted octanol–water partition coefficient (Wildman–Crippen LogP) is 2.91. The quantitative estimate of drug-likeness (QED) is 0.432. The molecule has 0 aromatic heterocycles. The molecule has 0 aliphatic rings. The first kappa shape index (κ1) is 10.5. The van der Waals surface area contributed by atoms with Crippen LogP contribution in [0.3, 0.4) is 0 Å². The monoisotopic (exact) mass is 215 g/mol. The average Bonchev–Trinajstić information content (AvgIpc) is 2.15. The summed E-state index contributed by atoms with van der Waals surface area (Å²) in [5.74, 6) is 0. The van der Waals surface area contributed by atoms with Gasteiger partial charge < -0.3 is 4.84 Å². The predicted molar refractivity (Wildman–Crippen MR) is 59.3 cm³/mol. The van der Waals surface area contributed by atoms with E-state index in [-0.39, 0.29) is 0 Å². The summed E-state index contributed by atoms with van der Waals surface area (Å²) in [7, 11) is 2.44. The van der Waals surface area contributed by atoms with Gasteiger partial charge in [0.15, 0.2) is 0 Å². The number of benzene rings is 1. The largest absolute Gasteiger partial charge is 0.392 e. The fourth-order valence-electron chi connectivity index (χ4n) is 0.878. The molecule has 1 aromatic carbocycles. The number of rotatable bonds is 3. The van der Waals surface area contributed by atoms with Crippen molar-refractivity contribution >= 4 is 26.6 Å². The van der Waals surface area contributed by atoms with Gasteiger partial charge in [0.05, 0.1) is 5.71 Å². The summed E-state index contributed by atoms with van der Waals surface area (Å²) in [6.07, 6.45) is 0.505. The highest BCUT2D eigenvalue weighted by molar-refractivity contribution is 7.16. The standard InChI is InChI=1S/C9H11ClNOP/c1-7(11-12-6-13)8-2-4-9(10)5-3-8/h2-5H,6,13H2,1H3/b11-7+. The highest BCUT2D eigenvalue weighted by atomic mass is 35.5. The van der Waals surface area contributed by atoms with Crippen molar-refractivity contribution in [1.29, 1.82) is 0 Å². The van der Waals surface area contributed by atoms with Crippen LogP contribution in [-0.4, -0.2) is 12.1 Å². The van der Waals surface area contributed by atoms with Gasteiger partial charge >= 0.3 is 0 Å². The van der Waals surface area contributed by atoms with Crippen molar-refractivity contribution in [1.82, 2.24) is 0 Å². The minimum atomic E-state index is 0.505. The van der Waals surface area contributed by atoms with Gasteiger partial charge in [-0.2, -0.15) is 0 Å². The molecule has 1 aromatic rings. The third-order valence-electron chi connectivity index (χ3n) is 1.54. The number of hydrogen-bond acceptors (Lipinski definition) is 2. The summed E-state index contributed by atoms with van der Waals surface area (Å²) < 4.78 is 0. The van der Waals surface area contributed by atoms with Crippen LogP contribution >= 0.6 is 20.8 Å². The summed E-state index contributed by atoms with van der Waals surface area (Å²) >= 11 is 5.75. The fraction of sp³-hybridized carbons (Fsp3) is 0.222. The highest BCUT2D eigenvalue weighted by Crippen LogP contribution is 2.10. The fourth-order valence-corrected chi connectivity index (χ4v) is 1.08. The molecule has 0 aliphatic heterocycles. The normalized spacial score (nSPS) is 11.5. The van der Waals surface area contributed by atoms with Crippen LogP contribution in [0.15, 0.2) is 29.4 Å². The Balaban J connectivity index is 2.77. The molecule has 1 unspecified atom stereocenters. The molecule has 0 amide bonds. The second-order valence-electron chi connectivity index (χ2n) is 2.48. The molecule has 70 valence electrons. The van der Waals surface area contributed by atoms with Gasteiger partial charge in [0.1, 0.15) is 6.35 Å². The lowest BCUT2D eigenvalue weighted by Crippen LogP contribution is -1.95. The van der Waals surface area contributed by atoms with Crippen LogP contribution in [0.4, 0.5) is 0 Å². The summed E-state index contributed by atoms with van der Waals surface area (Å²) in [6.45, 7) is 1.89. The van der Waals surface area contributed by atoms with Gasteiger partial charge in [-0.05, 0) is 24.6 Å². The molecule has 0 saturated carbocycles. The van der Waals surface area contributed by atoms with Gasteiger partial charge in [0.25, 0.3) is 0 Å². The zero-order valence-corrected chi connectivity index (χ0v) is 9.24. The van der Waals surface area contributed by atoms with E-state index >= 15 is 0 Å². The Morgan fingerprint density at radius 3 is 2.62 bits per heavy atom. The molecule has 1 rings (SSSR count). The van der Waals surface area contributed by atoms with E-state index in [0.717, 1.165) is 16.3 Å². The van der Waals surface area contributed by atoms with E-state index in [0.29, 0.717) is 6.35 Å². The molecule has 0 heterocycles. The van der Waals surface area contributed by atoms with Crippen LogP contribution in [0.2, 0.25) is 5.02 Å². The van der Waals surface area contributed by atoms with E-state index in [9.17, 15) is 0 Å². The van der Waals surface area contributed by atoms with Crippen molar-refractivity contribution in [3.63, 3.8) is 0 Å². The molecule has 0 N–H and O–H groups in total. The minimum Gasteiger partial charge on any atom is -0.392 e. The van der Waals surface area contributed by atoms with Crippen molar-refractivity contribution < 1.29 is 4.84 Å². The van der Waals surface area contributed by atoms with E-state index < -0.39 is 0 Å². The van der Waals surface area contributed by atoms with Crippen LogP contribution in [0.5, 0.6) is 0 Å². The number of hydrogen-bond donors (Lipinski definition) is 0. The van der Waals surface area contributed by atoms with E-state index in [1.54, 1.807) is 0 Å². The molecule has 0 radical (unpaired) electrons. The summed E-state index contributed by atoms with van der Waals surface area (Å²) in [5.41, 5.74) is 1.86. The Morgan fingerprint density at radius 1 is 1.46 bits per heavy atom. The Bertz CT molecular complexity index is 297. The van der Waals surface area contributed by atoms with Crippen molar-refractivity contribution in [2.75, 3.05) is 6.35 Å². The van der Waals surface area contributed by atoms with Gasteiger partial charge in [-0.3, -0.25) is 0 Å². The Morgan fingerprint density at radius 2 is 2.08 bits per heavy atom. The molecule has 0 aliphatic carbocycles. The number of halogens is 1. The maximum absolute atomic E-state index is 5.75. The lowest BCUT2D eigenvalue weighted by atomic mass is 10.1. The molecule has 0 bridgehead atoms. The molecular weight excluding hydrogens is 205 g/mol. The zero-order valence-electron chi connectivity index (χ0n) is 7.33. The van der Waals surface area contributed by atoms with Gasteiger partial charge in [0.2, 0.25) is 0 Å². The minimum absolute atomic E-state index is 0.505. The third-order valence-corrected chi connectivity index (χ3v) is 1.94. The third kappa shape index (κ3) is 3.33. The Hall–Kier alpha value is -0.590. The lowest BCUT2D eigenvalue weighted by Gasteiger charge is -2.00. The van der Waals surface area contributed by atoms with Crippen LogP contribution in [0, 0.1) is 0 Å². The van der Waals surface area contributed by atoms with Crippen molar-refractivity contribution in [3.05, 3.63) is 34.9 Å². The molecule has 0 fully saturated rings. The van der Waals surface area contributed by atoms with Crippen LogP contribution in [0.25, 0.3) is 0 Å². The summed E-state index contributed by atoms with van der Waals surface area (Å²) in [6, 6.07) is 7.48. The Kier molecular flexibility index (Phi) is 4.20. The second-order valence-corrected chi connectivity index (χ2v) is 3.25. The van der Waals surface area contributed by atoms with E-state index in [4.69, 9.17) is 16.4 Å². The molecule has 13 heavy (non-hydrogen) atoms. The SMILES string of the molecule is C/C(=N\OCP)c1ccc(Cl)cc1. The number of oxime groups is 1. The molecule has 0 spiro atoms. The molecular formula is C9H11ClNOP. The first-order valence-corrected chi connectivity index (χ1v) is 5.06. The van der Waals surface area contributed by atoms with E-state index in [1.165, 1.54) is 0 Å². The molecule has 0 saturated heterocycles. The van der Waals surface area contributed by atoms with Gasteiger partial charge in [-0.25, -0.2) is 0 Å². The van der Waals surface area contributed by atoms with Crippen molar-refractivity contribution in [2.24, 2.45) is 5.16 Å². The maximum atomic E-state index is 5.75. The smallest absolute Gasteiger partial charge is 0.129 e. The van der Waals surface area contributed by atoms with Crippen molar-refractivity contribution in [2.45, 2.75) is 6.92 Å². The summed E-state index contributed by atoms with van der Waals surface area (Å²) in [5, 5.41) is 4.62. The molecule has 1 atom stereocenters. The first-order chi connectivity index (χ1) is 6.24. The zero-order chi connectivity index (χ0) is 9.68. The van der Waals surface area contributed by atoms with Crippen LogP contribution in [-0.2, 0) is 4.84 Å². The lowest BCUT2D eigenvalue weighted by molar-refractivity contribution is 0.196. The first-order valence-electron chi connectivity index (χ1n) is 3.86. The second kappa shape index (κ2) is 5.21. The van der Waals surface area contributed by atoms with Crippen LogP contribution < -0.4 is 0 Å². The number of nitrogens with zero attached hydrogens (tertiary/aromatic N) is 1.